The van der Waals surface area contributed by atoms with E-state index in [1.165, 1.54) is 11.8 Å². The van der Waals surface area contributed by atoms with Gasteiger partial charge in [0.2, 0.25) is 28.6 Å². The van der Waals surface area contributed by atoms with Crippen LogP contribution in [0.5, 0.6) is 11.5 Å². The highest BCUT2D eigenvalue weighted by molar-refractivity contribution is 9.10. The number of benzene rings is 3. The minimum absolute atomic E-state index is 0.0329. The molecular weight excluding hydrogens is 622 g/mol. The lowest BCUT2D eigenvalue weighted by atomic mass is 10.0. The Kier molecular flexibility index (Phi) is 10.5. The average molecular weight is 659 g/mol. The van der Waals surface area contributed by atoms with Crippen LogP contribution < -0.4 is 19.1 Å². The maximum Gasteiger partial charge on any atom is 0.244 e. The summed E-state index contributed by atoms with van der Waals surface area (Å²) in [6.07, 6.45) is 0.976. The quantitative estimate of drug-likeness (QED) is 0.281. The zero-order chi connectivity index (χ0) is 30.3. The molecule has 0 aliphatic carbocycles. The molecular formula is C31H36BrN3O6S. The molecule has 4 rings (SSSR count). The Bertz CT molecular complexity index is 1500. The largest absolute Gasteiger partial charge is 0.454 e. The third-order valence-corrected chi connectivity index (χ3v) is 9.37. The lowest BCUT2D eigenvalue weighted by Crippen LogP contribution is -2.54. The summed E-state index contributed by atoms with van der Waals surface area (Å²) in [6.45, 7) is 5.05. The molecule has 224 valence electrons. The van der Waals surface area contributed by atoms with Gasteiger partial charge in [0.25, 0.3) is 0 Å². The molecule has 0 fully saturated rings. The van der Waals surface area contributed by atoms with Gasteiger partial charge < -0.3 is 19.7 Å². The molecule has 9 nitrogen and oxygen atoms in total. The number of hydrogen-bond donors (Lipinski definition) is 1. The smallest absolute Gasteiger partial charge is 0.244 e. The zero-order valence-electron chi connectivity index (χ0n) is 24.0. The first-order valence-electron chi connectivity index (χ1n) is 13.9. The minimum atomic E-state index is -3.89. The molecule has 2 atom stereocenters. The highest BCUT2D eigenvalue weighted by Gasteiger charge is 2.34. The number of carbonyl (C=O) groups excluding carboxylic acids is 2. The van der Waals surface area contributed by atoms with Crippen molar-refractivity contribution in [3.05, 3.63) is 88.4 Å². The molecule has 11 heteroatoms. The summed E-state index contributed by atoms with van der Waals surface area (Å²) in [4.78, 5) is 29.5. The van der Waals surface area contributed by atoms with Crippen LogP contribution in [0.2, 0.25) is 0 Å². The van der Waals surface area contributed by atoms with Crippen molar-refractivity contribution in [2.75, 3.05) is 23.4 Å². The van der Waals surface area contributed by atoms with Gasteiger partial charge in [-0.2, -0.15) is 0 Å². The van der Waals surface area contributed by atoms with Crippen molar-refractivity contribution in [1.82, 2.24) is 10.2 Å². The van der Waals surface area contributed by atoms with Crippen molar-refractivity contribution in [3.63, 3.8) is 0 Å². The minimum Gasteiger partial charge on any atom is -0.454 e. The molecule has 1 N–H and O–H groups in total. The first-order chi connectivity index (χ1) is 20.1. The number of amides is 2. The molecule has 0 bridgehead atoms. The van der Waals surface area contributed by atoms with E-state index in [1.54, 1.807) is 18.2 Å². The second-order valence-corrected chi connectivity index (χ2v) is 13.2. The number of sulfonamides is 1. The number of hydrogen-bond acceptors (Lipinski definition) is 6. The topological polar surface area (TPSA) is 105 Å². The highest BCUT2D eigenvalue weighted by atomic mass is 79.9. The molecule has 1 heterocycles. The summed E-state index contributed by atoms with van der Waals surface area (Å²) >= 11 is 3.49. The van der Waals surface area contributed by atoms with Crippen LogP contribution in [0.25, 0.3) is 0 Å². The van der Waals surface area contributed by atoms with Gasteiger partial charge in [0.15, 0.2) is 11.5 Å². The van der Waals surface area contributed by atoms with Crippen molar-refractivity contribution in [1.29, 1.82) is 0 Å². The van der Waals surface area contributed by atoms with Gasteiger partial charge in [-0.15, -0.1) is 0 Å². The van der Waals surface area contributed by atoms with E-state index in [9.17, 15) is 18.0 Å². The van der Waals surface area contributed by atoms with Crippen LogP contribution in [-0.2, 0) is 32.6 Å². The van der Waals surface area contributed by atoms with Gasteiger partial charge in [-0.05, 0) is 55.7 Å². The number of anilines is 1. The van der Waals surface area contributed by atoms with E-state index in [1.807, 2.05) is 68.4 Å². The fourth-order valence-electron chi connectivity index (χ4n) is 4.59. The van der Waals surface area contributed by atoms with E-state index < -0.39 is 28.5 Å². The maximum atomic E-state index is 14.3. The molecule has 2 amide bonds. The lowest BCUT2D eigenvalue weighted by molar-refractivity contribution is -0.140. The number of nitrogens with zero attached hydrogens (tertiary/aromatic N) is 2. The van der Waals surface area contributed by atoms with Crippen molar-refractivity contribution in [2.24, 2.45) is 0 Å². The molecule has 42 heavy (non-hydrogen) atoms. The van der Waals surface area contributed by atoms with E-state index >= 15 is 0 Å². The van der Waals surface area contributed by atoms with Crippen LogP contribution in [0.4, 0.5) is 5.69 Å². The van der Waals surface area contributed by atoms with Gasteiger partial charge in [0.05, 0.1) is 11.4 Å². The molecule has 3 aromatic rings. The Morgan fingerprint density at radius 1 is 0.952 bits per heavy atom. The van der Waals surface area contributed by atoms with Crippen LogP contribution in [0.15, 0.2) is 77.3 Å². The van der Waals surface area contributed by atoms with Crippen LogP contribution in [0, 0.1) is 0 Å². The summed E-state index contributed by atoms with van der Waals surface area (Å²) < 4.78 is 39.4. The van der Waals surface area contributed by atoms with Gasteiger partial charge in [-0.25, -0.2) is 8.42 Å². The number of carbonyl (C=O) groups is 2. The van der Waals surface area contributed by atoms with Gasteiger partial charge >= 0.3 is 0 Å². The van der Waals surface area contributed by atoms with E-state index in [2.05, 4.69) is 21.2 Å². The van der Waals surface area contributed by atoms with Gasteiger partial charge in [-0.3, -0.25) is 13.9 Å². The molecule has 0 saturated carbocycles. The Morgan fingerprint density at radius 2 is 1.67 bits per heavy atom. The zero-order valence-corrected chi connectivity index (χ0v) is 26.4. The number of ether oxygens (including phenoxy) is 2. The van der Waals surface area contributed by atoms with Gasteiger partial charge in [0, 0.05) is 29.5 Å². The molecule has 0 radical (unpaired) electrons. The van der Waals surface area contributed by atoms with Crippen LogP contribution in [0.3, 0.4) is 0 Å². The third kappa shape index (κ3) is 7.83. The van der Waals surface area contributed by atoms with E-state index in [4.69, 9.17) is 9.47 Å². The van der Waals surface area contributed by atoms with Crippen molar-refractivity contribution in [3.8, 4) is 11.5 Å². The maximum absolute atomic E-state index is 14.3. The number of fused-ring (bicyclic) bond motifs is 1. The van der Waals surface area contributed by atoms with Gasteiger partial charge in [-0.1, -0.05) is 65.3 Å². The third-order valence-electron chi connectivity index (χ3n) is 7.14. The number of halogens is 1. The van der Waals surface area contributed by atoms with Crippen molar-refractivity contribution >= 4 is 43.5 Å². The Morgan fingerprint density at radius 3 is 2.36 bits per heavy atom. The van der Waals surface area contributed by atoms with E-state index in [0.717, 1.165) is 26.3 Å². The highest BCUT2D eigenvalue weighted by Crippen LogP contribution is 2.36. The Balaban J connectivity index is 1.75. The van der Waals surface area contributed by atoms with Gasteiger partial charge in [0.1, 0.15) is 12.6 Å². The number of nitrogens with one attached hydrogen (secondary N) is 1. The predicted octanol–water partition coefficient (Wildman–Crippen LogP) is 4.89. The monoisotopic (exact) mass is 657 g/mol. The van der Waals surface area contributed by atoms with Crippen molar-refractivity contribution in [2.45, 2.75) is 52.2 Å². The standard InChI is InChI=1S/C31H36BrN3O6S/c1-4-22(3)33-31(37)27(17-23-10-7-6-8-11-23)34(19-24-12-9-13-25(32)16-24)30(36)20-35(42(38,39)5-2)26-14-15-28-29(18-26)41-21-40-28/h6-16,18,22,27H,4-5,17,19-21H2,1-3H3,(H,33,37)/t22-,27-/m1/s1. The van der Waals surface area contributed by atoms with Crippen molar-refractivity contribution < 1.29 is 27.5 Å². The fourth-order valence-corrected chi connectivity index (χ4v) is 6.09. The molecule has 3 aromatic carbocycles. The number of rotatable bonds is 13. The van der Waals surface area contributed by atoms with Crippen LogP contribution >= 0.6 is 15.9 Å². The molecule has 1 aliphatic heterocycles. The molecule has 0 aromatic heterocycles. The summed E-state index contributed by atoms with van der Waals surface area (Å²) in [5.74, 6) is -0.131. The molecule has 1 aliphatic rings. The predicted molar refractivity (Wildman–Crippen MR) is 166 cm³/mol. The van der Waals surface area contributed by atoms with Crippen LogP contribution in [0.1, 0.15) is 38.3 Å². The summed E-state index contributed by atoms with van der Waals surface area (Å²) in [6, 6.07) is 20.7. The van der Waals surface area contributed by atoms with E-state index in [0.29, 0.717) is 11.5 Å². The van der Waals surface area contributed by atoms with E-state index in [-0.39, 0.29) is 43.1 Å². The second kappa shape index (κ2) is 14.1. The summed E-state index contributed by atoms with van der Waals surface area (Å²) in [5, 5.41) is 3.03. The Hall–Kier alpha value is -3.57. The second-order valence-electron chi connectivity index (χ2n) is 10.1. The normalized spacial score (nSPS) is 13.7. The molecule has 0 spiro atoms. The summed E-state index contributed by atoms with van der Waals surface area (Å²) in [7, 11) is -3.89. The average Bonchev–Trinajstić information content (AvgIpc) is 3.46. The first kappa shape index (κ1) is 31.4. The molecule has 0 saturated heterocycles. The fraction of sp³-hybridized carbons (Fsp3) is 0.355. The lowest BCUT2D eigenvalue weighted by Gasteiger charge is -2.34. The van der Waals surface area contributed by atoms with Crippen LogP contribution in [-0.4, -0.2) is 56.3 Å². The Labute approximate surface area is 256 Å². The molecule has 0 unspecified atom stereocenters. The summed E-state index contributed by atoms with van der Waals surface area (Å²) in [5.41, 5.74) is 1.95. The SMILES string of the molecule is CC[C@@H](C)NC(=O)[C@@H](Cc1ccccc1)N(Cc1cccc(Br)c1)C(=O)CN(c1ccc2c(c1)OCO2)S(=O)(=O)CC. The first-order valence-corrected chi connectivity index (χ1v) is 16.3.